The molecule has 26 heavy (non-hydrogen) atoms. The lowest BCUT2D eigenvalue weighted by atomic mass is 10.1. The Balaban J connectivity index is 0.000000260. The zero-order valence-electron chi connectivity index (χ0n) is 13.3. The van der Waals surface area contributed by atoms with Crippen molar-refractivity contribution in [2.45, 2.75) is 6.92 Å². The van der Waals surface area contributed by atoms with Gasteiger partial charge in [-0.1, -0.05) is 0 Å². The Labute approximate surface area is 155 Å². The van der Waals surface area contributed by atoms with Crippen LogP contribution in [0, 0.1) is 6.92 Å². The maximum Gasteiger partial charge on any atom is 0.336 e. The van der Waals surface area contributed by atoms with Gasteiger partial charge in [-0.15, -0.1) is 0 Å². The molecule has 0 saturated heterocycles. The Morgan fingerprint density at radius 3 is 1.46 bits per heavy atom. The molecule has 9 heteroatoms. The molecule has 0 saturated carbocycles. The minimum atomic E-state index is -1.09. The summed E-state index contributed by atoms with van der Waals surface area (Å²) >= 11 is 2.97. The largest absolute Gasteiger partial charge is 0.478 e. The topological polar surface area (TPSA) is 149 Å². The van der Waals surface area contributed by atoms with Gasteiger partial charge in [-0.2, -0.15) is 0 Å². The first kappa shape index (κ1) is 20.8. The van der Waals surface area contributed by atoms with E-state index < -0.39 is 23.9 Å². The van der Waals surface area contributed by atoms with Crippen LogP contribution in [0.25, 0.3) is 0 Å². The van der Waals surface area contributed by atoms with Crippen LogP contribution in [0.5, 0.6) is 0 Å². The van der Waals surface area contributed by atoms with Crippen LogP contribution in [0.2, 0.25) is 0 Å². The molecule has 8 nitrogen and oxygen atoms in total. The van der Waals surface area contributed by atoms with E-state index in [-0.39, 0.29) is 26.7 Å². The lowest BCUT2D eigenvalue weighted by Crippen LogP contribution is -2.03. The highest BCUT2D eigenvalue weighted by molar-refractivity contribution is 9.10. The summed E-state index contributed by atoms with van der Waals surface area (Å²) in [5.41, 5.74) is 0.779. The van der Waals surface area contributed by atoms with Crippen LogP contribution >= 0.6 is 15.9 Å². The third-order valence-electron chi connectivity index (χ3n) is 3.15. The van der Waals surface area contributed by atoms with Crippen LogP contribution in [0.15, 0.2) is 40.9 Å². The number of aromatic carboxylic acids is 4. The molecule has 2 aromatic rings. The molecule has 0 unspecified atom stereocenters. The van der Waals surface area contributed by atoms with Crippen LogP contribution in [0.4, 0.5) is 0 Å². The van der Waals surface area contributed by atoms with E-state index >= 15 is 0 Å². The maximum atomic E-state index is 10.6. The molecule has 0 heterocycles. The average Bonchev–Trinajstić information content (AvgIpc) is 2.54. The number of halogens is 1. The standard InChI is InChI=1S/C9H8O4.C8H5BrO4/c1-5-4-6(8(10)11)2-3-7(5)9(12)13;9-6-3-4(7(10)11)1-2-5(6)8(12)13/h2-4H,1H3,(H,10,11)(H,12,13);1-3H,(H,10,11)(H,12,13). The van der Waals surface area contributed by atoms with Crippen molar-refractivity contribution in [2.24, 2.45) is 0 Å². The summed E-state index contributed by atoms with van der Waals surface area (Å²) in [6.07, 6.45) is 0. The first-order valence-corrected chi connectivity index (χ1v) is 7.67. The summed E-state index contributed by atoms with van der Waals surface area (Å²) in [5.74, 6) is -4.28. The van der Waals surface area contributed by atoms with Crippen LogP contribution in [-0.4, -0.2) is 44.3 Å². The second kappa shape index (κ2) is 8.77. The van der Waals surface area contributed by atoms with Gasteiger partial charge in [0.25, 0.3) is 0 Å². The lowest BCUT2D eigenvalue weighted by Gasteiger charge is -2.01. The molecule has 2 aromatic carbocycles. The van der Waals surface area contributed by atoms with Crippen molar-refractivity contribution < 1.29 is 39.6 Å². The lowest BCUT2D eigenvalue weighted by molar-refractivity contribution is 0.0680. The van der Waals surface area contributed by atoms with Crippen molar-refractivity contribution in [1.29, 1.82) is 0 Å². The number of carboxylic acids is 4. The summed E-state index contributed by atoms with van der Waals surface area (Å²) < 4.78 is 0.264. The fourth-order valence-electron chi connectivity index (χ4n) is 1.86. The normalized spacial score (nSPS) is 9.62. The molecular formula is C17H13BrO8. The van der Waals surface area contributed by atoms with Gasteiger partial charge in [-0.25, -0.2) is 19.2 Å². The predicted molar refractivity (Wildman–Crippen MR) is 93.2 cm³/mol. The first-order valence-electron chi connectivity index (χ1n) is 6.88. The van der Waals surface area contributed by atoms with Crippen molar-refractivity contribution in [3.8, 4) is 0 Å². The van der Waals surface area contributed by atoms with E-state index in [1.165, 1.54) is 36.4 Å². The van der Waals surface area contributed by atoms with Crippen LogP contribution in [0.1, 0.15) is 47.0 Å². The van der Waals surface area contributed by atoms with Crippen molar-refractivity contribution in [2.75, 3.05) is 0 Å². The maximum absolute atomic E-state index is 10.6. The minimum absolute atomic E-state index is 0.0463. The van der Waals surface area contributed by atoms with Gasteiger partial charge in [0.2, 0.25) is 0 Å². The Morgan fingerprint density at radius 2 is 1.12 bits per heavy atom. The van der Waals surface area contributed by atoms with Gasteiger partial charge in [0.1, 0.15) is 0 Å². The number of hydrogen-bond acceptors (Lipinski definition) is 4. The Bertz CT molecular complexity index is 815. The number of rotatable bonds is 4. The van der Waals surface area contributed by atoms with E-state index in [2.05, 4.69) is 15.9 Å². The molecule has 0 radical (unpaired) electrons. The molecule has 0 aliphatic heterocycles. The van der Waals surface area contributed by atoms with Crippen molar-refractivity contribution in [1.82, 2.24) is 0 Å². The zero-order chi connectivity index (χ0) is 20.0. The monoisotopic (exact) mass is 424 g/mol. The van der Waals surface area contributed by atoms with E-state index in [0.717, 1.165) is 0 Å². The van der Waals surface area contributed by atoms with Gasteiger partial charge in [-0.3, -0.25) is 0 Å². The van der Waals surface area contributed by atoms with E-state index in [0.29, 0.717) is 5.56 Å². The molecule has 0 aliphatic carbocycles. The van der Waals surface area contributed by atoms with Crippen molar-refractivity contribution >= 4 is 39.8 Å². The second-order valence-corrected chi connectivity index (χ2v) is 5.80. The fourth-order valence-corrected chi connectivity index (χ4v) is 2.41. The summed E-state index contributed by atoms with van der Waals surface area (Å²) in [4.78, 5) is 42.0. The molecule has 0 spiro atoms. The zero-order valence-corrected chi connectivity index (χ0v) is 14.8. The molecule has 0 fully saturated rings. The molecule has 4 N–H and O–H groups in total. The number of carbonyl (C=O) groups is 4. The van der Waals surface area contributed by atoms with Gasteiger partial charge in [0, 0.05) is 4.47 Å². The quantitative estimate of drug-likeness (QED) is 0.583. The number of carboxylic acid groups (broad SMARTS) is 4. The summed E-state index contributed by atoms with van der Waals surface area (Å²) in [7, 11) is 0. The minimum Gasteiger partial charge on any atom is -0.478 e. The number of aryl methyl sites for hydroxylation is 1. The average molecular weight is 425 g/mol. The molecule has 2 rings (SSSR count). The number of hydrogen-bond donors (Lipinski definition) is 4. The van der Waals surface area contributed by atoms with Crippen molar-refractivity contribution in [3.05, 3.63) is 68.7 Å². The third-order valence-corrected chi connectivity index (χ3v) is 3.81. The Kier molecular flexibility index (Phi) is 7.03. The fraction of sp³-hybridized carbons (Fsp3) is 0.0588. The highest BCUT2D eigenvalue weighted by Gasteiger charge is 2.11. The Hall–Kier alpha value is -3.20. The van der Waals surface area contributed by atoms with Gasteiger partial charge >= 0.3 is 23.9 Å². The molecule has 136 valence electrons. The van der Waals surface area contributed by atoms with Crippen molar-refractivity contribution in [3.63, 3.8) is 0 Å². The van der Waals surface area contributed by atoms with E-state index in [9.17, 15) is 19.2 Å². The third kappa shape index (κ3) is 5.42. The van der Waals surface area contributed by atoms with E-state index in [1.807, 2.05) is 0 Å². The van der Waals surface area contributed by atoms with E-state index in [1.54, 1.807) is 6.92 Å². The highest BCUT2D eigenvalue weighted by Crippen LogP contribution is 2.18. The van der Waals surface area contributed by atoms with Gasteiger partial charge in [0.05, 0.1) is 22.3 Å². The van der Waals surface area contributed by atoms with Crippen LogP contribution in [0.3, 0.4) is 0 Å². The van der Waals surface area contributed by atoms with Crippen LogP contribution < -0.4 is 0 Å². The summed E-state index contributed by atoms with van der Waals surface area (Å²) in [5, 5.41) is 34.4. The molecule has 0 atom stereocenters. The predicted octanol–water partition coefficient (Wildman–Crippen LogP) is 3.24. The highest BCUT2D eigenvalue weighted by atomic mass is 79.9. The summed E-state index contributed by atoms with van der Waals surface area (Å²) in [6, 6.07) is 7.66. The first-order chi connectivity index (χ1) is 12.0. The summed E-state index contributed by atoms with van der Waals surface area (Å²) in [6.45, 7) is 1.57. The molecular weight excluding hydrogens is 412 g/mol. The smallest absolute Gasteiger partial charge is 0.336 e. The molecule has 0 amide bonds. The van der Waals surface area contributed by atoms with E-state index in [4.69, 9.17) is 20.4 Å². The number of benzene rings is 2. The van der Waals surface area contributed by atoms with Gasteiger partial charge in [-0.05, 0) is 64.8 Å². The van der Waals surface area contributed by atoms with Crippen LogP contribution in [-0.2, 0) is 0 Å². The van der Waals surface area contributed by atoms with Gasteiger partial charge in [0.15, 0.2) is 0 Å². The molecule has 0 aliphatic rings. The Morgan fingerprint density at radius 1 is 0.692 bits per heavy atom. The van der Waals surface area contributed by atoms with Gasteiger partial charge < -0.3 is 20.4 Å². The molecule has 0 aromatic heterocycles. The second-order valence-electron chi connectivity index (χ2n) is 4.94. The molecule has 0 bridgehead atoms. The SMILES string of the molecule is Cc1cc(C(=O)O)ccc1C(=O)O.O=C(O)c1ccc(C(=O)O)c(Br)c1.